The van der Waals surface area contributed by atoms with E-state index in [1.807, 2.05) is 13.8 Å². The number of rotatable bonds is 1. The van der Waals surface area contributed by atoms with Crippen molar-refractivity contribution >= 4 is 0 Å². The molecule has 0 aromatic heterocycles. The van der Waals surface area contributed by atoms with Crippen molar-refractivity contribution in [2.45, 2.75) is 45.2 Å². The normalized spacial score (nSPS) is 39.5. The Morgan fingerprint density at radius 2 is 1.91 bits per heavy atom. The molecule has 0 radical (unpaired) electrons. The highest BCUT2D eigenvalue weighted by Crippen LogP contribution is 2.22. The van der Waals surface area contributed by atoms with Crippen LogP contribution in [0.25, 0.3) is 0 Å². The molecule has 3 nitrogen and oxygen atoms in total. The second kappa shape index (κ2) is 3.52. The lowest BCUT2D eigenvalue weighted by molar-refractivity contribution is -0.199. The van der Waals surface area contributed by atoms with Crippen LogP contribution in [0.15, 0.2) is 0 Å². The molecule has 2 N–H and O–H groups in total. The Kier molecular flexibility index (Phi) is 2.87. The minimum atomic E-state index is -0.772. The van der Waals surface area contributed by atoms with Gasteiger partial charge in [-0.3, -0.25) is 0 Å². The maximum Gasteiger partial charge on any atom is 0.157 e. The van der Waals surface area contributed by atoms with Crippen LogP contribution in [0.5, 0.6) is 0 Å². The van der Waals surface area contributed by atoms with Gasteiger partial charge in [-0.05, 0) is 5.92 Å². The molecule has 0 spiro atoms. The third-order valence-electron chi connectivity index (χ3n) is 2.05. The number of ether oxygens (including phenoxy) is 1. The number of hydrogen-bond donors (Lipinski definition) is 2. The molecular formula is C8H16O3. The van der Waals surface area contributed by atoms with Crippen LogP contribution in [-0.4, -0.2) is 28.7 Å². The Morgan fingerprint density at radius 3 is 2.36 bits per heavy atom. The van der Waals surface area contributed by atoms with E-state index in [0.29, 0.717) is 18.8 Å². The first-order chi connectivity index (χ1) is 5.09. The van der Waals surface area contributed by atoms with Crippen LogP contribution in [-0.2, 0) is 4.74 Å². The molecular weight excluding hydrogens is 144 g/mol. The molecule has 1 heterocycles. The van der Waals surface area contributed by atoms with Crippen LogP contribution in [0.4, 0.5) is 0 Å². The quantitative estimate of drug-likeness (QED) is 0.587. The molecule has 0 saturated carbocycles. The average Bonchev–Trinajstić information content (AvgIpc) is 1.85. The Hall–Kier alpha value is -0.120. The Balaban J connectivity index is 2.43. The Morgan fingerprint density at radius 1 is 1.27 bits per heavy atom. The van der Waals surface area contributed by atoms with Crippen molar-refractivity contribution in [3.8, 4) is 0 Å². The number of hydrogen-bond acceptors (Lipinski definition) is 3. The van der Waals surface area contributed by atoms with Crippen molar-refractivity contribution in [1.29, 1.82) is 0 Å². The molecule has 0 aromatic rings. The van der Waals surface area contributed by atoms with Crippen LogP contribution in [0.3, 0.4) is 0 Å². The Labute approximate surface area is 67.0 Å². The largest absolute Gasteiger partial charge is 0.393 e. The summed E-state index contributed by atoms with van der Waals surface area (Å²) in [6.07, 6.45) is -0.163. The average molecular weight is 160 g/mol. The fraction of sp³-hybridized carbons (Fsp3) is 1.00. The van der Waals surface area contributed by atoms with E-state index in [9.17, 15) is 5.11 Å². The number of aliphatic hydroxyl groups is 2. The Bertz CT molecular complexity index is 115. The van der Waals surface area contributed by atoms with Crippen molar-refractivity contribution in [3.05, 3.63) is 0 Å². The molecule has 0 aromatic carbocycles. The summed E-state index contributed by atoms with van der Waals surface area (Å²) in [4.78, 5) is 0. The monoisotopic (exact) mass is 160 g/mol. The molecule has 1 saturated heterocycles. The minimum Gasteiger partial charge on any atom is -0.393 e. The molecule has 0 unspecified atom stereocenters. The molecule has 0 bridgehead atoms. The fourth-order valence-electron chi connectivity index (χ4n) is 1.34. The van der Waals surface area contributed by atoms with Crippen molar-refractivity contribution in [3.63, 3.8) is 0 Å². The van der Waals surface area contributed by atoms with Gasteiger partial charge in [0, 0.05) is 12.8 Å². The van der Waals surface area contributed by atoms with E-state index < -0.39 is 12.4 Å². The highest BCUT2D eigenvalue weighted by atomic mass is 16.6. The highest BCUT2D eigenvalue weighted by Gasteiger charge is 2.28. The molecule has 11 heavy (non-hydrogen) atoms. The van der Waals surface area contributed by atoms with Gasteiger partial charge < -0.3 is 14.9 Å². The van der Waals surface area contributed by atoms with E-state index in [1.165, 1.54) is 0 Å². The molecule has 1 fully saturated rings. The van der Waals surface area contributed by atoms with Crippen LogP contribution >= 0.6 is 0 Å². The van der Waals surface area contributed by atoms with Gasteiger partial charge in [-0.1, -0.05) is 13.8 Å². The van der Waals surface area contributed by atoms with Gasteiger partial charge in [0.15, 0.2) is 6.29 Å². The molecule has 1 aliphatic heterocycles. The third kappa shape index (κ3) is 2.43. The minimum absolute atomic E-state index is 0.00810. The fourth-order valence-corrected chi connectivity index (χ4v) is 1.34. The van der Waals surface area contributed by atoms with E-state index >= 15 is 0 Å². The summed E-state index contributed by atoms with van der Waals surface area (Å²) < 4.78 is 5.21. The zero-order valence-corrected chi connectivity index (χ0v) is 7.03. The van der Waals surface area contributed by atoms with E-state index in [-0.39, 0.29) is 6.10 Å². The summed E-state index contributed by atoms with van der Waals surface area (Å²) in [5.41, 5.74) is 0. The first-order valence-electron chi connectivity index (χ1n) is 4.11. The van der Waals surface area contributed by atoms with Crippen molar-refractivity contribution < 1.29 is 14.9 Å². The van der Waals surface area contributed by atoms with E-state index in [1.54, 1.807) is 0 Å². The van der Waals surface area contributed by atoms with E-state index in [2.05, 4.69) is 0 Å². The standard InChI is InChI=1S/C8H16O3/c1-5(2)7-3-6(9)4-8(10)11-7/h5-10H,3-4H2,1-2H3/t6-,7+,8+/m1/s1. The molecule has 3 heteroatoms. The zero-order chi connectivity index (χ0) is 8.43. The highest BCUT2D eigenvalue weighted by molar-refractivity contribution is 4.74. The molecule has 66 valence electrons. The lowest BCUT2D eigenvalue weighted by Gasteiger charge is -2.32. The van der Waals surface area contributed by atoms with E-state index in [0.717, 1.165) is 0 Å². The molecule has 1 rings (SSSR count). The van der Waals surface area contributed by atoms with Gasteiger partial charge in [0.2, 0.25) is 0 Å². The lowest BCUT2D eigenvalue weighted by atomic mass is 9.97. The molecule has 0 amide bonds. The third-order valence-corrected chi connectivity index (χ3v) is 2.05. The topological polar surface area (TPSA) is 49.7 Å². The first-order valence-corrected chi connectivity index (χ1v) is 4.11. The lowest BCUT2D eigenvalue weighted by Crippen LogP contribution is -2.38. The first kappa shape index (κ1) is 8.97. The predicted octanol–water partition coefficient (Wildman–Crippen LogP) is 0.501. The van der Waals surface area contributed by atoms with Gasteiger partial charge in [-0.15, -0.1) is 0 Å². The maximum absolute atomic E-state index is 9.26. The SMILES string of the molecule is CC(C)[C@@H]1C[C@@H](O)C[C@@H](O)O1. The summed E-state index contributed by atoms with van der Waals surface area (Å²) in [5, 5.41) is 18.4. The summed E-state index contributed by atoms with van der Waals surface area (Å²) in [6, 6.07) is 0. The zero-order valence-electron chi connectivity index (χ0n) is 7.03. The summed E-state index contributed by atoms with van der Waals surface area (Å²) in [6.45, 7) is 4.05. The molecule has 3 atom stereocenters. The second-order valence-corrected chi connectivity index (χ2v) is 3.50. The van der Waals surface area contributed by atoms with Gasteiger partial charge in [0.05, 0.1) is 12.2 Å². The van der Waals surface area contributed by atoms with Crippen molar-refractivity contribution in [2.24, 2.45) is 5.92 Å². The van der Waals surface area contributed by atoms with Crippen LogP contribution in [0.1, 0.15) is 26.7 Å². The smallest absolute Gasteiger partial charge is 0.157 e. The van der Waals surface area contributed by atoms with Crippen LogP contribution < -0.4 is 0 Å². The molecule has 1 aliphatic rings. The van der Waals surface area contributed by atoms with Gasteiger partial charge >= 0.3 is 0 Å². The van der Waals surface area contributed by atoms with Gasteiger partial charge in [-0.25, -0.2) is 0 Å². The van der Waals surface area contributed by atoms with Gasteiger partial charge in [-0.2, -0.15) is 0 Å². The van der Waals surface area contributed by atoms with E-state index in [4.69, 9.17) is 9.84 Å². The summed E-state index contributed by atoms with van der Waals surface area (Å²) in [5.74, 6) is 0.361. The van der Waals surface area contributed by atoms with Crippen LogP contribution in [0.2, 0.25) is 0 Å². The number of aliphatic hydroxyl groups excluding tert-OH is 2. The summed E-state index contributed by atoms with van der Waals surface area (Å²) >= 11 is 0. The van der Waals surface area contributed by atoms with Crippen LogP contribution in [0, 0.1) is 5.92 Å². The molecule has 0 aliphatic carbocycles. The van der Waals surface area contributed by atoms with Crippen molar-refractivity contribution in [2.75, 3.05) is 0 Å². The van der Waals surface area contributed by atoms with Crippen molar-refractivity contribution in [1.82, 2.24) is 0 Å². The maximum atomic E-state index is 9.26. The van der Waals surface area contributed by atoms with Gasteiger partial charge in [0.1, 0.15) is 0 Å². The predicted molar refractivity (Wildman–Crippen MR) is 41.0 cm³/mol. The van der Waals surface area contributed by atoms with Gasteiger partial charge in [0.25, 0.3) is 0 Å². The summed E-state index contributed by atoms with van der Waals surface area (Å²) in [7, 11) is 0. The second-order valence-electron chi connectivity index (χ2n) is 3.50.